The van der Waals surface area contributed by atoms with Crippen LogP contribution in [0.2, 0.25) is 0 Å². The topological polar surface area (TPSA) is 107 Å². The van der Waals surface area contributed by atoms with Crippen molar-refractivity contribution in [2.75, 3.05) is 39.3 Å². The number of amides is 1. The van der Waals surface area contributed by atoms with Gasteiger partial charge in [0.05, 0.1) is 11.4 Å². The van der Waals surface area contributed by atoms with Crippen LogP contribution >= 0.6 is 0 Å². The number of nitrogens with one attached hydrogen (secondary N) is 1. The van der Waals surface area contributed by atoms with Crippen molar-refractivity contribution in [3.63, 3.8) is 0 Å². The molecule has 188 valence electrons. The summed E-state index contributed by atoms with van der Waals surface area (Å²) in [6, 6.07) is 5.33. The minimum absolute atomic E-state index is 0.0840. The number of carbonyl (C=O) groups excluding carboxylic acids is 1. The molecule has 1 heterocycles. The number of sulfonamides is 1. The van der Waals surface area contributed by atoms with Gasteiger partial charge in [-0.2, -0.15) is 17.5 Å². The molecule has 2 rings (SSSR count). The Morgan fingerprint density at radius 1 is 1.15 bits per heavy atom. The molecule has 0 unspecified atom stereocenters. The smallest absolute Gasteiger partial charge is 0.475 e. The van der Waals surface area contributed by atoms with Gasteiger partial charge in [-0.15, -0.1) is 0 Å². The summed E-state index contributed by atoms with van der Waals surface area (Å²) in [4.78, 5) is 23.6. The average Bonchev–Trinajstić information content (AvgIpc) is 2.73. The van der Waals surface area contributed by atoms with Gasteiger partial charge in [0.2, 0.25) is 15.9 Å². The lowest BCUT2D eigenvalue weighted by atomic mass is 10.2. The van der Waals surface area contributed by atoms with E-state index >= 15 is 0 Å². The van der Waals surface area contributed by atoms with Crippen molar-refractivity contribution >= 4 is 21.9 Å². The monoisotopic (exact) mass is 495 g/mol. The number of carbonyl (C=O) groups is 2. The van der Waals surface area contributed by atoms with Crippen LogP contribution in [0.5, 0.6) is 0 Å². The maximum absolute atomic E-state index is 13.2. The van der Waals surface area contributed by atoms with Gasteiger partial charge in [0.15, 0.2) is 0 Å². The summed E-state index contributed by atoms with van der Waals surface area (Å²) < 4.78 is 59.5. The Labute approximate surface area is 192 Å². The molecule has 1 aliphatic heterocycles. The van der Waals surface area contributed by atoms with Crippen LogP contribution in [-0.4, -0.2) is 80.1 Å². The van der Waals surface area contributed by atoms with Gasteiger partial charge in [-0.05, 0) is 31.9 Å². The van der Waals surface area contributed by atoms with Crippen molar-refractivity contribution in [3.05, 3.63) is 29.3 Å². The summed E-state index contributed by atoms with van der Waals surface area (Å²) in [5.74, 6) is -2.87. The molecule has 1 fully saturated rings. The quantitative estimate of drug-likeness (QED) is 0.537. The molecular formula is C21H32F3N3O5S. The minimum atomic E-state index is -5.08. The molecule has 8 nitrogen and oxygen atoms in total. The fourth-order valence-electron chi connectivity index (χ4n) is 3.22. The number of rotatable bonds is 8. The number of carboxylic acid groups (broad SMARTS) is 1. The van der Waals surface area contributed by atoms with Crippen molar-refractivity contribution in [2.45, 2.75) is 51.1 Å². The number of aryl methyl sites for hydroxylation is 2. The molecule has 0 atom stereocenters. The molecule has 0 saturated carbocycles. The van der Waals surface area contributed by atoms with Gasteiger partial charge in [-0.3, -0.25) is 4.79 Å². The highest BCUT2D eigenvalue weighted by atomic mass is 32.2. The van der Waals surface area contributed by atoms with Crippen molar-refractivity contribution in [1.29, 1.82) is 0 Å². The van der Waals surface area contributed by atoms with Gasteiger partial charge in [0, 0.05) is 32.7 Å². The average molecular weight is 496 g/mol. The molecule has 1 saturated heterocycles. The first-order valence-corrected chi connectivity index (χ1v) is 12.1. The van der Waals surface area contributed by atoms with E-state index in [1.165, 1.54) is 4.31 Å². The van der Waals surface area contributed by atoms with E-state index in [0.717, 1.165) is 43.5 Å². The van der Waals surface area contributed by atoms with Crippen LogP contribution < -0.4 is 5.32 Å². The van der Waals surface area contributed by atoms with Crippen LogP contribution in [0.3, 0.4) is 0 Å². The molecule has 0 aliphatic carbocycles. The molecular weight excluding hydrogens is 463 g/mol. The molecule has 0 radical (unpaired) electrons. The van der Waals surface area contributed by atoms with E-state index < -0.39 is 22.2 Å². The lowest BCUT2D eigenvalue weighted by Gasteiger charge is -2.30. The van der Waals surface area contributed by atoms with Crippen LogP contribution in [0.15, 0.2) is 23.1 Å². The van der Waals surface area contributed by atoms with Gasteiger partial charge in [-0.25, -0.2) is 13.2 Å². The largest absolute Gasteiger partial charge is 0.490 e. The van der Waals surface area contributed by atoms with Crippen molar-refractivity contribution < 1.29 is 36.3 Å². The Morgan fingerprint density at radius 2 is 1.73 bits per heavy atom. The van der Waals surface area contributed by atoms with E-state index in [2.05, 4.69) is 12.2 Å². The van der Waals surface area contributed by atoms with E-state index in [-0.39, 0.29) is 12.5 Å². The lowest BCUT2D eigenvalue weighted by Crippen LogP contribution is -2.50. The molecule has 0 bridgehead atoms. The van der Waals surface area contributed by atoms with Gasteiger partial charge < -0.3 is 15.3 Å². The third-order valence-electron chi connectivity index (χ3n) is 4.98. The predicted octanol–water partition coefficient (Wildman–Crippen LogP) is 2.55. The first-order chi connectivity index (χ1) is 15.3. The van der Waals surface area contributed by atoms with Gasteiger partial charge >= 0.3 is 12.1 Å². The third kappa shape index (κ3) is 9.30. The van der Waals surface area contributed by atoms with Crippen molar-refractivity contribution in [3.8, 4) is 0 Å². The Bertz CT molecular complexity index is 901. The number of benzene rings is 1. The number of hydrogen-bond donors (Lipinski definition) is 2. The number of nitrogens with zero attached hydrogens (tertiary/aromatic N) is 2. The van der Waals surface area contributed by atoms with Gasteiger partial charge in [0.1, 0.15) is 0 Å². The van der Waals surface area contributed by atoms with Gasteiger partial charge in [0.25, 0.3) is 0 Å². The van der Waals surface area contributed by atoms with E-state index in [4.69, 9.17) is 9.90 Å². The Kier molecular flexibility index (Phi) is 11.3. The highest BCUT2D eigenvalue weighted by Gasteiger charge is 2.38. The minimum Gasteiger partial charge on any atom is -0.475 e. The first-order valence-electron chi connectivity index (χ1n) is 10.7. The lowest BCUT2D eigenvalue weighted by molar-refractivity contribution is -0.192. The first kappa shape index (κ1) is 28.9. The number of unbranched alkanes of at least 4 members (excludes halogenated alkanes) is 2. The third-order valence-corrected chi connectivity index (χ3v) is 6.99. The normalized spacial score (nSPS) is 14.6. The molecule has 0 aromatic heterocycles. The zero-order valence-corrected chi connectivity index (χ0v) is 19.9. The molecule has 2 N–H and O–H groups in total. The Morgan fingerprint density at radius 3 is 2.21 bits per heavy atom. The molecule has 1 aromatic carbocycles. The van der Waals surface area contributed by atoms with E-state index in [1.54, 1.807) is 11.0 Å². The van der Waals surface area contributed by atoms with Crippen LogP contribution in [0.25, 0.3) is 0 Å². The van der Waals surface area contributed by atoms with Crippen molar-refractivity contribution in [2.24, 2.45) is 0 Å². The second-order valence-electron chi connectivity index (χ2n) is 7.75. The standard InChI is InChI=1S/C19H31N3O3S.C2HF3O2/c1-4-5-6-11-22(15-19(23)21-12-9-20-10-13-21)26(24,25)18-8-7-16(2)14-17(18)3;3-2(4,5)1(6)7/h7-8,14,20H,4-6,9-13,15H2,1-3H3;(H,6,7). The number of halogens is 3. The Hall–Kier alpha value is -2.18. The number of piperazine rings is 1. The van der Waals surface area contributed by atoms with Gasteiger partial charge in [-0.1, -0.05) is 37.5 Å². The summed E-state index contributed by atoms with van der Waals surface area (Å²) in [7, 11) is -3.69. The molecule has 1 aromatic rings. The fourth-order valence-corrected chi connectivity index (χ4v) is 4.85. The summed E-state index contributed by atoms with van der Waals surface area (Å²) in [6.45, 7) is 8.89. The SMILES string of the molecule is CCCCCN(CC(=O)N1CCNCC1)S(=O)(=O)c1ccc(C)cc1C.O=C(O)C(F)(F)F. The fraction of sp³-hybridized carbons (Fsp3) is 0.619. The second-order valence-corrected chi connectivity index (χ2v) is 9.65. The molecule has 33 heavy (non-hydrogen) atoms. The molecule has 1 amide bonds. The maximum Gasteiger partial charge on any atom is 0.490 e. The maximum atomic E-state index is 13.2. The summed E-state index contributed by atoms with van der Waals surface area (Å²) in [5, 5.41) is 10.3. The van der Waals surface area contributed by atoms with Crippen LogP contribution in [0, 0.1) is 13.8 Å². The Balaban J connectivity index is 0.000000675. The van der Waals surface area contributed by atoms with E-state index in [1.807, 2.05) is 26.0 Å². The molecule has 0 spiro atoms. The molecule has 12 heteroatoms. The number of carboxylic acids is 1. The predicted molar refractivity (Wildman–Crippen MR) is 117 cm³/mol. The van der Waals surface area contributed by atoms with Crippen LogP contribution in [0.1, 0.15) is 37.3 Å². The second kappa shape index (κ2) is 12.9. The van der Waals surface area contributed by atoms with Crippen LogP contribution in [0.4, 0.5) is 13.2 Å². The highest BCUT2D eigenvalue weighted by Crippen LogP contribution is 2.22. The van der Waals surface area contributed by atoms with Crippen LogP contribution in [-0.2, 0) is 19.6 Å². The zero-order chi connectivity index (χ0) is 25.2. The number of hydrogen-bond acceptors (Lipinski definition) is 5. The van der Waals surface area contributed by atoms with Crippen molar-refractivity contribution in [1.82, 2.24) is 14.5 Å². The number of alkyl halides is 3. The summed E-state index contributed by atoms with van der Waals surface area (Å²) >= 11 is 0. The van der Waals surface area contributed by atoms with E-state index in [0.29, 0.717) is 24.5 Å². The summed E-state index contributed by atoms with van der Waals surface area (Å²) in [5.41, 5.74) is 1.75. The molecule has 1 aliphatic rings. The summed E-state index contributed by atoms with van der Waals surface area (Å²) in [6.07, 6.45) is -2.38. The van der Waals surface area contributed by atoms with E-state index in [9.17, 15) is 26.4 Å². The number of aliphatic carboxylic acids is 1. The zero-order valence-electron chi connectivity index (χ0n) is 19.1. The highest BCUT2D eigenvalue weighted by molar-refractivity contribution is 7.89.